The van der Waals surface area contributed by atoms with Crippen LogP contribution >= 0.6 is 11.6 Å². The number of carbonyl (C=O) groups excluding carboxylic acids is 2. The number of nitrogens with zero attached hydrogens (tertiary/aromatic N) is 1. The second-order valence-electron chi connectivity index (χ2n) is 9.24. The zero-order valence-corrected chi connectivity index (χ0v) is 21.1. The van der Waals surface area contributed by atoms with Crippen LogP contribution in [0.5, 0.6) is 0 Å². The minimum Gasteiger partial charge on any atom is -0.381 e. The van der Waals surface area contributed by atoms with Crippen LogP contribution in [0.1, 0.15) is 41.7 Å². The summed E-state index contributed by atoms with van der Waals surface area (Å²) in [6.45, 7) is 3.25. The van der Waals surface area contributed by atoms with E-state index in [4.69, 9.17) is 16.3 Å². The molecule has 0 aromatic heterocycles. The van der Waals surface area contributed by atoms with E-state index in [2.05, 4.69) is 5.32 Å². The maximum atomic E-state index is 14.2. The van der Waals surface area contributed by atoms with Crippen molar-refractivity contribution >= 4 is 33.3 Å². The molecular weight excluding hydrogens is 495 g/mol. The first kappa shape index (κ1) is 25.6. The molecule has 10 heteroatoms. The van der Waals surface area contributed by atoms with Crippen LogP contribution < -0.4 is 5.32 Å². The van der Waals surface area contributed by atoms with Crippen LogP contribution in [0, 0.1) is 17.7 Å². The van der Waals surface area contributed by atoms with Gasteiger partial charge in [0.2, 0.25) is 5.91 Å². The van der Waals surface area contributed by atoms with Crippen molar-refractivity contribution in [1.29, 1.82) is 0 Å². The quantitative estimate of drug-likeness (QED) is 0.599. The Morgan fingerprint density at radius 1 is 1.23 bits per heavy atom. The molecule has 0 aliphatic carbocycles. The topological polar surface area (TPSA) is 92.8 Å². The number of likely N-dealkylation sites (tertiary alicyclic amines) is 1. The zero-order chi connectivity index (χ0) is 25.3. The summed E-state index contributed by atoms with van der Waals surface area (Å²) in [5.41, 5.74) is 0.795. The van der Waals surface area contributed by atoms with Crippen LogP contribution in [-0.2, 0) is 19.4 Å². The van der Waals surface area contributed by atoms with Gasteiger partial charge in [-0.15, -0.1) is 0 Å². The van der Waals surface area contributed by atoms with E-state index in [-0.39, 0.29) is 33.2 Å². The molecule has 2 saturated heterocycles. The fourth-order valence-corrected chi connectivity index (χ4v) is 5.38. The number of nitrogens with one attached hydrogen (secondary N) is 1. The van der Waals surface area contributed by atoms with Crippen molar-refractivity contribution in [2.75, 3.05) is 26.0 Å². The third kappa shape index (κ3) is 5.52. The molecule has 1 unspecified atom stereocenters. The average molecular weight is 523 g/mol. The van der Waals surface area contributed by atoms with Crippen LogP contribution in [0.3, 0.4) is 0 Å². The normalized spacial score (nSPS) is 21.4. The van der Waals surface area contributed by atoms with Gasteiger partial charge in [0.1, 0.15) is 11.9 Å². The first-order valence-corrected chi connectivity index (χ1v) is 13.8. The Morgan fingerprint density at radius 3 is 2.57 bits per heavy atom. The van der Waals surface area contributed by atoms with Crippen molar-refractivity contribution < 1.29 is 27.1 Å². The highest BCUT2D eigenvalue weighted by atomic mass is 35.5. The second kappa shape index (κ2) is 10.2. The summed E-state index contributed by atoms with van der Waals surface area (Å²) in [7, 11) is -3.49. The number of hydrogen-bond donors (Lipinski definition) is 1. The smallest absolute Gasteiger partial charge is 0.254 e. The van der Waals surface area contributed by atoms with E-state index in [0.717, 1.165) is 12.7 Å². The molecule has 2 aliphatic rings. The number of amides is 2. The van der Waals surface area contributed by atoms with Gasteiger partial charge in [-0.2, -0.15) is 0 Å². The summed E-state index contributed by atoms with van der Waals surface area (Å²) in [6.07, 6.45) is 2.36. The summed E-state index contributed by atoms with van der Waals surface area (Å²) in [5, 5.41) is 3.02. The fraction of sp³-hybridized carbons (Fsp3) is 0.440. The molecule has 7 nitrogen and oxygen atoms in total. The molecule has 0 bridgehead atoms. The van der Waals surface area contributed by atoms with E-state index < -0.39 is 33.6 Å². The number of benzene rings is 2. The highest BCUT2D eigenvalue weighted by Gasteiger charge is 2.41. The number of ether oxygens (including phenoxy) is 1. The Balaban J connectivity index is 1.59. The molecule has 4 rings (SSSR count). The Kier molecular flexibility index (Phi) is 7.49. The summed E-state index contributed by atoms with van der Waals surface area (Å²) >= 11 is 5.84. The number of carbonyl (C=O) groups is 2. The molecule has 2 fully saturated rings. The molecule has 2 aromatic carbocycles. The third-order valence-corrected chi connectivity index (χ3v) is 8.19. The minimum atomic E-state index is -3.49. The standard InChI is InChI=1S/C25H28ClFN2O5S/c1-3-15-9-22(29(12-15)25(31)17-5-4-6-19(10-17)35(2,32)33)24(30)28-23(18-13-34-14-18)16-7-8-20(26)21(27)11-16/h4-8,10-11,15,18,22-23H,3,9,12-14H2,1-2H3,(H,28,30)/t15-,22-,23?/m1/s1. The number of hydrogen-bond acceptors (Lipinski definition) is 5. The van der Waals surface area contributed by atoms with Gasteiger partial charge in [-0.3, -0.25) is 9.59 Å². The number of sulfone groups is 1. The third-order valence-electron chi connectivity index (χ3n) is 6.77. The number of rotatable bonds is 7. The SMILES string of the molecule is CC[C@@H]1C[C@H](C(=O)NC(c2ccc(Cl)c(F)c2)C2COC2)N(C(=O)c2cccc(S(C)(=O)=O)c2)C1. The van der Waals surface area contributed by atoms with Crippen LogP contribution in [-0.4, -0.2) is 57.2 Å². The molecule has 0 radical (unpaired) electrons. The van der Waals surface area contributed by atoms with Gasteiger partial charge in [0.25, 0.3) is 5.91 Å². The van der Waals surface area contributed by atoms with E-state index in [1.807, 2.05) is 6.92 Å². The van der Waals surface area contributed by atoms with Crippen molar-refractivity contribution in [2.24, 2.45) is 11.8 Å². The predicted molar refractivity (Wildman–Crippen MR) is 129 cm³/mol. The first-order chi connectivity index (χ1) is 16.6. The van der Waals surface area contributed by atoms with Gasteiger partial charge in [0.05, 0.1) is 29.2 Å². The van der Waals surface area contributed by atoms with Gasteiger partial charge in [-0.25, -0.2) is 12.8 Å². The van der Waals surface area contributed by atoms with Gasteiger partial charge in [-0.1, -0.05) is 37.1 Å². The van der Waals surface area contributed by atoms with Gasteiger partial charge in [0.15, 0.2) is 9.84 Å². The lowest BCUT2D eigenvalue weighted by Gasteiger charge is -2.36. The fourth-order valence-electron chi connectivity index (χ4n) is 4.59. The summed E-state index contributed by atoms with van der Waals surface area (Å²) in [5.74, 6) is -1.20. The summed E-state index contributed by atoms with van der Waals surface area (Å²) in [6, 6.07) is 9.08. The molecule has 2 heterocycles. The van der Waals surface area contributed by atoms with E-state index >= 15 is 0 Å². The Labute approximate surface area is 209 Å². The minimum absolute atomic E-state index is 0.00152. The molecule has 0 saturated carbocycles. The lowest BCUT2D eigenvalue weighted by molar-refractivity contribution is -0.128. The molecule has 2 aliphatic heterocycles. The number of halogens is 2. The van der Waals surface area contributed by atoms with Crippen molar-refractivity contribution in [3.05, 3.63) is 64.4 Å². The molecule has 1 N–H and O–H groups in total. The van der Waals surface area contributed by atoms with Gasteiger partial charge >= 0.3 is 0 Å². The highest BCUT2D eigenvalue weighted by molar-refractivity contribution is 7.90. The Hall–Kier alpha value is -2.49. The van der Waals surface area contributed by atoms with Crippen molar-refractivity contribution in [3.63, 3.8) is 0 Å². The largest absolute Gasteiger partial charge is 0.381 e. The molecule has 2 aromatic rings. The molecule has 2 amide bonds. The van der Waals surface area contributed by atoms with Gasteiger partial charge in [0, 0.05) is 24.3 Å². The Morgan fingerprint density at radius 2 is 1.97 bits per heavy atom. The van der Waals surface area contributed by atoms with Crippen molar-refractivity contribution in [1.82, 2.24) is 10.2 Å². The van der Waals surface area contributed by atoms with Crippen LogP contribution in [0.25, 0.3) is 0 Å². The summed E-state index contributed by atoms with van der Waals surface area (Å²) in [4.78, 5) is 28.5. The Bertz CT molecular complexity index is 1230. The predicted octanol–water partition coefficient (Wildman–Crippen LogP) is 3.63. The highest BCUT2D eigenvalue weighted by Crippen LogP contribution is 2.32. The van der Waals surface area contributed by atoms with Crippen LogP contribution in [0.4, 0.5) is 4.39 Å². The lowest BCUT2D eigenvalue weighted by Crippen LogP contribution is -2.50. The second-order valence-corrected chi connectivity index (χ2v) is 11.7. The van der Waals surface area contributed by atoms with Crippen LogP contribution in [0.2, 0.25) is 5.02 Å². The molecule has 0 spiro atoms. The molecular formula is C25H28ClFN2O5S. The maximum absolute atomic E-state index is 14.2. The van der Waals surface area contributed by atoms with Crippen molar-refractivity contribution in [2.45, 2.75) is 36.7 Å². The van der Waals surface area contributed by atoms with E-state index in [9.17, 15) is 22.4 Å². The molecule has 3 atom stereocenters. The average Bonchev–Trinajstić information content (AvgIpc) is 3.23. The maximum Gasteiger partial charge on any atom is 0.254 e. The van der Waals surface area contributed by atoms with Gasteiger partial charge < -0.3 is 15.0 Å². The molecule has 35 heavy (non-hydrogen) atoms. The molecule has 188 valence electrons. The van der Waals surface area contributed by atoms with Crippen LogP contribution in [0.15, 0.2) is 47.4 Å². The van der Waals surface area contributed by atoms with E-state index in [1.165, 1.54) is 35.2 Å². The summed E-state index contributed by atoms with van der Waals surface area (Å²) < 4.78 is 43.4. The van der Waals surface area contributed by atoms with Gasteiger partial charge in [-0.05, 0) is 48.2 Å². The van der Waals surface area contributed by atoms with Crippen molar-refractivity contribution in [3.8, 4) is 0 Å². The van der Waals surface area contributed by atoms with E-state index in [0.29, 0.717) is 31.7 Å². The first-order valence-electron chi connectivity index (χ1n) is 11.5. The lowest BCUT2D eigenvalue weighted by atomic mass is 9.91. The van der Waals surface area contributed by atoms with E-state index in [1.54, 1.807) is 12.1 Å². The monoisotopic (exact) mass is 522 g/mol. The zero-order valence-electron chi connectivity index (χ0n) is 19.5.